The smallest absolute Gasteiger partial charge is 0.183 e. The molecular weight excluding hydrogens is 140 g/mol. The monoisotopic (exact) mass is 150 g/mol. The number of Topliss-reactive ketones (excluding diaryl/α,β-unsaturated/α-hetero) is 1. The normalized spacial score (nSPS) is 28.8. The van der Waals surface area contributed by atoms with Gasteiger partial charge in [-0.15, -0.1) is 0 Å². The van der Waals surface area contributed by atoms with E-state index in [1.54, 1.807) is 0 Å². The quantitative estimate of drug-likeness (QED) is 0.498. The Labute approximate surface area is 65.0 Å². The number of hydrogen-bond acceptors (Lipinski definition) is 3. The minimum absolute atomic E-state index is 0.0256. The Morgan fingerprint density at radius 1 is 1.64 bits per heavy atom. The van der Waals surface area contributed by atoms with Gasteiger partial charge in [0.2, 0.25) is 0 Å². The molecule has 1 aliphatic heterocycles. The van der Waals surface area contributed by atoms with E-state index in [0.29, 0.717) is 6.54 Å². The van der Waals surface area contributed by atoms with Gasteiger partial charge in [0.15, 0.2) is 5.78 Å². The topological polar surface area (TPSA) is 55.1 Å². The van der Waals surface area contributed by atoms with E-state index in [0.717, 1.165) is 17.7 Å². The van der Waals surface area contributed by atoms with Crippen molar-refractivity contribution in [2.75, 3.05) is 6.54 Å². The van der Waals surface area contributed by atoms with E-state index in [1.165, 1.54) is 0 Å². The second-order valence-corrected chi connectivity index (χ2v) is 2.87. The molecule has 58 valence electrons. The van der Waals surface area contributed by atoms with Gasteiger partial charge >= 0.3 is 0 Å². The first-order chi connectivity index (χ1) is 5.27. The Morgan fingerprint density at radius 3 is 3.27 bits per heavy atom. The molecule has 0 spiro atoms. The molecule has 1 unspecified atom stereocenters. The molecule has 1 fully saturated rings. The molecule has 1 heterocycles. The van der Waals surface area contributed by atoms with Crippen molar-refractivity contribution in [3.05, 3.63) is 23.4 Å². The number of hydrogen-bond donors (Lipinski definition) is 2. The van der Waals surface area contributed by atoms with Gasteiger partial charge in [-0.2, -0.15) is 0 Å². The second-order valence-electron chi connectivity index (χ2n) is 2.87. The fourth-order valence-electron chi connectivity index (χ4n) is 1.42. The molecule has 0 radical (unpaired) electrons. The number of ketones is 1. The maximum Gasteiger partial charge on any atom is 0.183 e. The predicted molar refractivity (Wildman–Crippen MR) is 41.8 cm³/mol. The van der Waals surface area contributed by atoms with Crippen LogP contribution < -0.4 is 11.1 Å². The molecule has 0 aromatic heterocycles. The molecule has 2 aliphatic rings. The third-order valence-electron chi connectivity index (χ3n) is 2.00. The summed E-state index contributed by atoms with van der Waals surface area (Å²) in [5.74, 6) is 0.159. The average molecular weight is 150 g/mol. The molecule has 0 bridgehead atoms. The zero-order valence-electron chi connectivity index (χ0n) is 6.13. The van der Waals surface area contributed by atoms with Crippen molar-refractivity contribution >= 4 is 5.78 Å². The van der Waals surface area contributed by atoms with Gasteiger partial charge in [0, 0.05) is 17.3 Å². The summed E-state index contributed by atoms with van der Waals surface area (Å²) in [6.07, 6.45) is 4.67. The molecule has 3 heteroatoms. The van der Waals surface area contributed by atoms with Gasteiger partial charge in [-0.1, -0.05) is 12.2 Å². The maximum absolute atomic E-state index is 11.1. The van der Waals surface area contributed by atoms with Gasteiger partial charge in [-0.05, 0) is 6.42 Å². The molecule has 1 aliphatic carbocycles. The highest BCUT2D eigenvalue weighted by Crippen LogP contribution is 2.20. The van der Waals surface area contributed by atoms with Crippen molar-refractivity contribution in [1.82, 2.24) is 5.32 Å². The summed E-state index contributed by atoms with van der Waals surface area (Å²) in [6.45, 7) is 0.435. The van der Waals surface area contributed by atoms with E-state index in [9.17, 15) is 4.79 Å². The minimum atomic E-state index is 0.0256. The number of fused-ring (bicyclic) bond motifs is 1. The van der Waals surface area contributed by atoms with Crippen LogP contribution in [0.5, 0.6) is 0 Å². The zero-order valence-corrected chi connectivity index (χ0v) is 6.13. The van der Waals surface area contributed by atoms with Crippen LogP contribution in [0, 0.1) is 0 Å². The van der Waals surface area contributed by atoms with E-state index < -0.39 is 0 Å². The maximum atomic E-state index is 11.1. The second kappa shape index (κ2) is 2.20. The summed E-state index contributed by atoms with van der Waals surface area (Å²) in [5.41, 5.74) is 7.40. The van der Waals surface area contributed by atoms with E-state index in [-0.39, 0.29) is 11.8 Å². The van der Waals surface area contributed by atoms with Crippen LogP contribution in [-0.4, -0.2) is 18.4 Å². The number of allylic oxidation sites excluding steroid dienone is 1. The van der Waals surface area contributed by atoms with Crippen LogP contribution in [0.2, 0.25) is 0 Å². The van der Waals surface area contributed by atoms with Crippen LogP contribution in [0.4, 0.5) is 0 Å². The van der Waals surface area contributed by atoms with Gasteiger partial charge < -0.3 is 11.1 Å². The molecule has 1 atom stereocenters. The fraction of sp³-hybridized carbons (Fsp3) is 0.375. The van der Waals surface area contributed by atoms with Crippen LogP contribution >= 0.6 is 0 Å². The van der Waals surface area contributed by atoms with Crippen molar-refractivity contribution in [3.8, 4) is 0 Å². The summed E-state index contributed by atoms with van der Waals surface area (Å²) in [5, 5.41) is 3.02. The van der Waals surface area contributed by atoms with Gasteiger partial charge in [0.05, 0.1) is 6.54 Å². The molecule has 0 aromatic rings. The molecule has 0 saturated carbocycles. The SMILES string of the molecule is NC1C=C2C(=O)CNC2=CC1. The molecular formula is C8H10N2O. The summed E-state index contributed by atoms with van der Waals surface area (Å²) in [7, 11) is 0. The lowest BCUT2D eigenvalue weighted by Crippen LogP contribution is -2.20. The van der Waals surface area contributed by atoms with Gasteiger partial charge in [-0.3, -0.25) is 4.79 Å². The zero-order chi connectivity index (χ0) is 7.84. The van der Waals surface area contributed by atoms with Crippen LogP contribution in [0.3, 0.4) is 0 Å². The Morgan fingerprint density at radius 2 is 2.45 bits per heavy atom. The fourth-order valence-corrected chi connectivity index (χ4v) is 1.42. The van der Waals surface area contributed by atoms with Crippen molar-refractivity contribution < 1.29 is 4.79 Å². The Bertz CT molecular complexity index is 265. The Balaban J connectivity index is 2.37. The first-order valence-corrected chi connectivity index (χ1v) is 3.72. The Kier molecular flexibility index (Phi) is 1.32. The highest BCUT2D eigenvalue weighted by Gasteiger charge is 2.24. The van der Waals surface area contributed by atoms with Crippen LogP contribution in [-0.2, 0) is 4.79 Å². The lowest BCUT2D eigenvalue weighted by atomic mass is 10.0. The van der Waals surface area contributed by atoms with Gasteiger partial charge in [0.1, 0.15) is 0 Å². The molecule has 3 nitrogen and oxygen atoms in total. The van der Waals surface area contributed by atoms with Crippen molar-refractivity contribution in [3.63, 3.8) is 0 Å². The first kappa shape index (κ1) is 6.61. The third kappa shape index (κ3) is 0.973. The summed E-state index contributed by atoms with van der Waals surface area (Å²) in [4.78, 5) is 11.1. The minimum Gasteiger partial charge on any atom is -0.377 e. The van der Waals surface area contributed by atoms with Gasteiger partial charge in [0.25, 0.3) is 0 Å². The molecule has 3 N–H and O–H groups in total. The van der Waals surface area contributed by atoms with E-state index in [1.807, 2.05) is 12.2 Å². The number of rotatable bonds is 0. The molecule has 11 heavy (non-hydrogen) atoms. The molecule has 2 rings (SSSR count). The predicted octanol–water partition coefficient (Wildman–Crippen LogP) is -0.300. The number of nitrogens with two attached hydrogens (primary N) is 1. The van der Waals surface area contributed by atoms with Crippen molar-refractivity contribution in [2.24, 2.45) is 5.73 Å². The lowest BCUT2D eigenvalue weighted by molar-refractivity contribution is -0.113. The number of nitrogens with one attached hydrogen (secondary N) is 1. The average Bonchev–Trinajstić information content (AvgIpc) is 2.33. The van der Waals surface area contributed by atoms with Gasteiger partial charge in [-0.25, -0.2) is 0 Å². The summed E-state index contributed by atoms with van der Waals surface area (Å²) < 4.78 is 0. The molecule has 0 aromatic carbocycles. The largest absolute Gasteiger partial charge is 0.377 e. The van der Waals surface area contributed by atoms with Crippen LogP contribution in [0.15, 0.2) is 23.4 Å². The van der Waals surface area contributed by atoms with E-state index in [2.05, 4.69) is 5.32 Å². The summed E-state index contributed by atoms with van der Waals surface area (Å²) in [6, 6.07) is 0.0256. The van der Waals surface area contributed by atoms with Crippen molar-refractivity contribution in [1.29, 1.82) is 0 Å². The first-order valence-electron chi connectivity index (χ1n) is 3.72. The van der Waals surface area contributed by atoms with Crippen LogP contribution in [0.1, 0.15) is 6.42 Å². The number of carbonyl (C=O) groups excluding carboxylic acids is 1. The third-order valence-corrected chi connectivity index (χ3v) is 2.00. The van der Waals surface area contributed by atoms with E-state index in [4.69, 9.17) is 5.73 Å². The van der Waals surface area contributed by atoms with Crippen LogP contribution in [0.25, 0.3) is 0 Å². The molecule has 1 saturated heterocycles. The summed E-state index contributed by atoms with van der Waals surface area (Å²) >= 11 is 0. The highest BCUT2D eigenvalue weighted by atomic mass is 16.1. The number of carbonyl (C=O) groups is 1. The molecule has 0 amide bonds. The lowest BCUT2D eigenvalue weighted by Gasteiger charge is -2.11. The standard InChI is InChI=1S/C8H10N2O/c9-5-1-2-7-6(3-5)8(11)4-10-7/h2-3,5,10H,1,4,9H2. The Hall–Kier alpha value is -1.09. The van der Waals surface area contributed by atoms with Crippen molar-refractivity contribution in [2.45, 2.75) is 12.5 Å². The highest BCUT2D eigenvalue weighted by molar-refractivity contribution is 6.04. The van der Waals surface area contributed by atoms with E-state index >= 15 is 0 Å².